The first-order chi connectivity index (χ1) is 9.51. The number of furan rings is 1. The van der Waals surface area contributed by atoms with Crippen LogP contribution in [0.15, 0.2) is 21.4 Å². The van der Waals surface area contributed by atoms with Crippen molar-refractivity contribution in [3.8, 4) is 0 Å². The van der Waals surface area contributed by atoms with E-state index in [2.05, 4.69) is 21.2 Å². The average Bonchev–Trinajstić information content (AvgIpc) is 2.82. The Morgan fingerprint density at radius 1 is 1.25 bits per heavy atom. The molecule has 0 radical (unpaired) electrons. The molecule has 1 N–H and O–H groups in total. The summed E-state index contributed by atoms with van der Waals surface area (Å²) in [5.74, 6) is -2.41. The summed E-state index contributed by atoms with van der Waals surface area (Å²) in [6, 6.07) is -0.114. The first-order valence-corrected chi connectivity index (χ1v) is 6.67. The van der Waals surface area contributed by atoms with Crippen LogP contribution in [0.2, 0.25) is 0 Å². The molecule has 1 amide bonds. The fourth-order valence-corrected chi connectivity index (χ4v) is 1.75. The van der Waals surface area contributed by atoms with Gasteiger partial charge < -0.3 is 19.2 Å². The van der Waals surface area contributed by atoms with Gasteiger partial charge in [0.05, 0.1) is 25.0 Å². The predicted octanol–water partition coefficient (Wildman–Crippen LogP) is 1.27. The highest BCUT2D eigenvalue weighted by atomic mass is 79.9. The monoisotopic (exact) mass is 347 g/mol. The average molecular weight is 348 g/mol. The third kappa shape index (κ3) is 4.09. The van der Waals surface area contributed by atoms with Gasteiger partial charge in [0.15, 0.2) is 4.67 Å². The van der Waals surface area contributed by atoms with E-state index < -0.39 is 23.9 Å². The van der Waals surface area contributed by atoms with Gasteiger partial charge in [0.2, 0.25) is 6.04 Å². The van der Waals surface area contributed by atoms with Gasteiger partial charge in [-0.1, -0.05) is 0 Å². The maximum atomic E-state index is 11.9. The van der Waals surface area contributed by atoms with Gasteiger partial charge in [0, 0.05) is 0 Å². The molecular weight excluding hydrogens is 334 g/mol. The van der Waals surface area contributed by atoms with E-state index in [4.69, 9.17) is 13.9 Å². The Kier molecular flexibility index (Phi) is 6.23. The normalized spacial score (nSPS) is 10.2. The van der Waals surface area contributed by atoms with Crippen LogP contribution < -0.4 is 5.32 Å². The molecule has 1 aromatic heterocycles. The van der Waals surface area contributed by atoms with Crippen molar-refractivity contribution in [1.29, 1.82) is 0 Å². The van der Waals surface area contributed by atoms with Crippen LogP contribution in [0, 0.1) is 0 Å². The quantitative estimate of drug-likeness (QED) is 0.615. The number of nitrogens with one attached hydrogen (secondary N) is 1. The molecular formula is C12H14BrNO6. The fourth-order valence-electron chi connectivity index (χ4n) is 1.33. The van der Waals surface area contributed by atoms with Crippen molar-refractivity contribution < 1.29 is 28.3 Å². The van der Waals surface area contributed by atoms with Crippen molar-refractivity contribution in [1.82, 2.24) is 5.32 Å². The zero-order valence-corrected chi connectivity index (χ0v) is 12.6. The first kappa shape index (κ1) is 16.2. The van der Waals surface area contributed by atoms with E-state index in [1.165, 1.54) is 12.3 Å². The number of halogens is 1. The van der Waals surface area contributed by atoms with Crippen LogP contribution in [0.4, 0.5) is 0 Å². The van der Waals surface area contributed by atoms with Crippen molar-refractivity contribution in [3.05, 3.63) is 22.6 Å². The Morgan fingerprint density at radius 2 is 1.80 bits per heavy atom. The minimum Gasteiger partial charge on any atom is -0.464 e. The van der Waals surface area contributed by atoms with Crippen molar-refractivity contribution in [2.75, 3.05) is 13.2 Å². The molecule has 0 saturated heterocycles. The fraction of sp³-hybridized carbons (Fsp3) is 0.417. The minimum absolute atomic E-state index is 0.0833. The Hall–Kier alpha value is -1.83. The lowest BCUT2D eigenvalue weighted by molar-refractivity contribution is -0.157. The topological polar surface area (TPSA) is 94.8 Å². The lowest BCUT2D eigenvalue weighted by atomic mass is 10.2. The molecule has 0 aliphatic carbocycles. The van der Waals surface area contributed by atoms with Crippen molar-refractivity contribution in [3.63, 3.8) is 0 Å². The maximum Gasteiger partial charge on any atom is 0.340 e. The molecule has 0 atom stereocenters. The van der Waals surface area contributed by atoms with Crippen LogP contribution in [0.25, 0.3) is 0 Å². The highest BCUT2D eigenvalue weighted by molar-refractivity contribution is 9.10. The Morgan fingerprint density at radius 3 is 2.20 bits per heavy atom. The molecule has 110 valence electrons. The molecule has 20 heavy (non-hydrogen) atoms. The van der Waals surface area contributed by atoms with E-state index in [-0.39, 0.29) is 23.4 Å². The van der Waals surface area contributed by atoms with Crippen LogP contribution in [0.5, 0.6) is 0 Å². The number of rotatable bonds is 6. The van der Waals surface area contributed by atoms with Gasteiger partial charge >= 0.3 is 11.9 Å². The van der Waals surface area contributed by atoms with Gasteiger partial charge in [-0.2, -0.15) is 0 Å². The number of amides is 1. The van der Waals surface area contributed by atoms with E-state index in [0.717, 1.165) is 0 Å². The highest BCUT2D eigenvalue weighted by Gasteiger charge is 2.32. The molecule has 8 heteroatoms. The second-order valence-electron chi connectivity index (χ2n) is 3.52. The number of hydrogen-bond donors (Lipinski definition) is 1. The number of esters is 2. The standard InChI is InChI=1S/C12H14BrNO6/c1-3-18-11(16)8(12(17)19-4-2)14-10(15)7-5-6-20-9(7)13/h5-6,8H,3-4H2,1-2H3,(H,14,15). The van der Waals surface area contributed by atoms with Crippen LogP contribution in [-0.4, -0.2) is 37.1 Å². The Bertz CT molecular complexity index is 480. The zero-order valence-electron chi connectivity index (χ0n) is 11.0. The van der Waals surface area contributed by atoms with Crippen LogP contribution in [0.3, 0.4) is 0 Å². The van der Waals surface area contributed by atoms with Crippen molar-refractivity contribution in [2.24, 2.45) is 0 Å². The van der Waals surface area contributed by atoms with Crippen LogP contribution in [-0.2, 0) is 19.1 Å². The van der Waals surface area contributed by atoms with Gasteiger partial charge in [-0.05, 0) is 35.8 Å². The third-order valence-electron chi connectivity index (χ3n) is 2.18. The van der Waals surface area contributed by atoms with Gasteiger partial charge in [-0.25, -0.2) is 9.59 Å². The molecule has 0 aliphatic rings. The lowest BCUT2D eigenvalue weighted by Gasteiger charge is -2.15. The Labute approximate surface area is 123 Å². The van der Waals surface area contributed by atoms with Gasteiger partial charge in [-0.15, -0.1) is 0 Å². The van der Waals surface area contributed by atoms with E-state index in [9.17, 15) is 14.4 Å². The van der Waals surface area contributed by atoms with Gasteiger partial charge in [0.1, 0.15) is 0 Å². The summed E-state index contributed by atoms with van der Waals surface area (Å²) in [6.45, 7) is 3.35. The van der Waals surface area contributed by atoms with Crippen molar-refractivity contribution in [2.45, 2.75) is 19.9 Å². The molecule has 0 saturated carbocycles. The smallest absolute Gasteiger partial charge is 0.340 e. The minimum atomic E-state index is -1.51. The zero-order chi connectivity index (χ0) is 15.1. The number of carbonyl (C=O) groups excluding carboxylic acids is 3. The molecule has 0 bridgehead atoms. The maximum absolute atomic E-state index is 11.9. The van der Waals surface area contributed by atoms with E-state index in [0.29, 0.717) is 0 Å². The van der Waals surface area contributed by atoms with Crippen LogP contribution in [0.1, 0.15) is 24.2 Å². The number of ether oxygens (including phenoxy) is 2. The molecule has 0 aliphatic heterocycles. The summed E-state index contributed by atoms with van der Waals surface area (Å²) >= 11 is 3.03. The molecule has 1 aromatic rings. The molecule has 0 aromatic carbocycles. The molecule has 0 unspecified atom stereocenters. The van der Waals surface area contributed by atoms with Gasteiger partial charge in [0.25, 0.3) is 5.91 Å². The third-order valence-corrected chi connectivity index (χ3v) is 2.80. The molecule has 1 rings (SSSR count). The summed E-state index contributed by atoms with van der Waals surface area (Å²) in [4.78, 5) is 35.3. The van der Waals surface area contributed by atoms with E-state index in [1.54, 1.807) is 13.8 Å². The van der Waals surface area contributed by atoms with E-state index >= 15 is 0 Å². The summed E-state index contributed by atoms with van der Waals surface area (Å²) < 4.78 is 14.6. The van der Waals surface area contributed by atoms with E-state index in [1.807, 2.05) is 0 Å². The predicted molar refractivity (Wildman–Crippen MR) is 70.9 cm³/mol. The largest absolute Gasteiger partial charge is 0.464 e. The summed E-state index contributed by atoms with van der Waals surface area (Å²) in [5.41, 5.74) is 0.156. The summed E-state index contributed by atoms with van der Waals surface area (Å²) in [7, 11) is 0. The number of carbonyl (C=O) groups is 3. The summed E-state index contributed by atoms with van der Waals surface area (Å²) in [5, 5.41) is 2.25. The second kappa shape index (κ2) is 7.68. The van der Waals surface area contributed by atoms with Crippen molar-refractivity contribution >= 4 is 33.8 Å². The highest BCUT2D eigenvalue weighted by Crippen LogP contribution is 2.17. The van der Waals surface area contributed by atoms with Gasteiger partial charge in [-0.3, -0.25) is 4.79 Å². The molecule has 1 heterocycles. The Balaban J connectivity index is 2.84. The summed E-state index contributed by atoms with van der Waals surface area (Å²) in [6.07, 6.45) is 1.29. The molecule has 0 fully saturated rings. The SMILES string of the molecule is CCOC(=O)C(NC(=O)c1ccoc1Br)C(=O)OCC. The molecule has 0 spiro atoms. The first-order valence-electron chi connectivity index (χ1n) is 5.88. The lowest BCUT2D eigenvalue weighted by Crippen LogP contribution is -2.48. The number of hydrogen-bond acceptors (Lipinski definition) is 6. The second-order valence-corrected chi connectivity index (χ2v) is 4.24. The van der Waals surface area contributed by atoms with Crippen LogP contribution >= 0.6 is 15.9 Å². The molecule has 7 nitrogen and oxygen atoms in total.